The fourth-order valence-electron chi connectivity index (χ4n) is 1.69. The second-order valence-electron chi connectivity index (χ2n) is 5.09. The van der Waals surface area contributed by atoms with E-state index in [0.717, 1.165) is 15.2 Å². The molecule has 0 unspecified atom stereocenters. The quantitative estimate of drug-likeness (QED) is 0.825. The molecule has 0 atom stereocenters. The van der Waals surface area contributed by atoms with E-state index in [1.165, 1.54) is 11.8 Å². The van der Waals surface area contributed by atoms with Crippen LogP contribution < -0.4 is 0 Å². The van der Waals surface area contributed by atoms with Crippen molar-refractivity contribution in [2.45, 2.75) is 31.5 Å². The summed E-state index contributed by atoms with van der Waals surface area (Å²) < 4.78 is 2.95. The van der Waals surface area contributed by atoms with Crippen LogP contribution in [0.15, 0.2) is 21.1 Å². The van der Waals surface area contributed by atoms with Crippen LogP contribution in [0.4, 0.5) is 0 Å². The van der Waals surface area contributed by atoms with E-state index < -0.39 is 5.97 Å². The molecule has 2 aromatic heterocycles. The first-order valence-electron chi connectivity index (χ1n) is 5.84. The highest BCUT2D eigenvalue weighted by Gasteiger charge is 2.26. The van der Waals surface area contributed by atoms with Crippen molar-refractivity contribution in [3.63, 3.8) is 0 Å². The summed E-state index contributed by atoms with van der Waals surface area (Å²) >= 11 is 6.26. The van der Waals surface area contributed by atoms with Crippen molar-refractivity contribution in [3.8, 4) is 10.7 Å². The van der Waals surface area contributed by atoms with Gasteiger partial charge in [-0.2, -0.15) is 0 Å². The first-order valence-corrected chi connectivity index (χ1v) is 8.50. The van der Waals surface area contributed by atoms with Crippen LogP contribution in [-0.4, -0.2) is 31.6 Å². The Bertz CT molecular complexity index is 631. The molecule has 0 bridgehead atoms. The zero-order valence-corrected chi connectivity index (χ0v) is 14.5. The highest BCUT2D eigenvalue weighted by atomic mass is 79.9. The van der Waals surface area contributed by atoms with Gasteiger partial charge in [-0.1, -0.05) is 11.8 Å². The molecule has 0 aliphatic heterocycles. The second-order valence-corrected chi connectivity index (χ2v) is 7.81. The van der Waals surface area contributed by atoms with Crippen molar-refractivity contribution < 1.29 is 9.90 Å². The number of aromatic nitrogens is 3. The zero-order chi connectivity index (χ0) is 14.9. The number of halogens is 1. The van der Waals surface area contributed by atoms with E-state index in [-0.39, 0.29) is 11.3 Å². The van der Waals surface area contributed by atoms with Crippen molar-refractivity contribution in [2.75, 3.05) is 5.75 Å². The van der Waals surface area contributed by atoms with Gasteiger partial charge in [0.2, 0.25) is 0 Å². The Labute approximate surface area is 133 Å². The van der Waals surface area contributed by atoms with Gasteiger partial charge in [0.1, 0.15) is 0 Å². The molecule has 2 rings (SSSR count). The SMILES string of the molecule is CC(C)(C)n1c(SCC(=O)O)nnc1-c1sccc1Br. The molecular weight excluding hydrogens is 362 g/mol. The fraction of sp³-hybridized carbons (Fsp3) is 0.417. The lowest BCUT2D eigenvalue weighted by atomic mass is 10.1. The average molecular weight is 376 g/mol. The summed E-state index contributed by atoms with van der Waals surface area (Å²) in [7, 11) is 0. The van der Waals surface area contributed by atoms with Gasteiger partial charge in [-0.15, -0.1) is 21.5 Å². The highest BCUT2D eigenvalue weighted by Crippen LogP contribution is 2.37. The minimum Gasteiger partial charge on any atom is -0.481 e. The van der Waals surface area contributed by atoms with Gasteiger partial charge >= 0.3 is 5.97 Å². The number of thioether (sulfide) groups is 1. The Kier molecular flexibility index (Phi) is 4.55. The van der Waals surface area contributed by atoms with Gasteiger partial charge < -0.3 is 5.11 Å². The van der Waals surface area contributed by atoms with E-state index in [0.29, 0.717) is 5.16 Å². The van der Waals surface area contributed by atoms with Gasteiger partial charge in [-0.25, -0.2) is 0 Å². The number of thiophene rings is 1. The normalized spacial score (nSPS) is 11.8. The summed E-state index contributed by atoms with van der Waals surface area (Å²) in [6.07, 6.45) is 0. The van der Waals surface area contributed by atoms with Crippen LogP contribution in [0, 0.1) is 0 Å². The van der Waals surface area contributed by atoms with Crippen LogP contribution >= 0.6 is 39.0 Å². The van der Waals surface area contributed by atoms with E-state index >= 15 is 0 Å². The monoisotopic (exact) mass is 375 g/mol. The minimum absolute atomic E-state index is 0.0280. The van der Waals surface area contributed by atoms with Gasteiger partial charge in [0.05, 0.1) is 10.6 Å². The number of hydrogen-bond acceptors (Lipinski definition) is 5. The lowest BCUT2D eigenvalue weighted by Gasteiger charge is -2.24. The molecule has 5 nitrogen and oxygen atoms in total. The van der Waals surface area contributed by atoms with Crippen LogP contribution in [0.1, 0.15) is 20.8 Å². The van der Waals surface area contributed by atoms with E-state index in [2.05, 4.69) is 26.1 Å². The third-order valence-corrected chi connectivity index (χ3v) is 5.20. The molecule has 8 heteroatoms. The number of hydrogen-bond donors (Lipinski definition) is 1. The molecule has 1 N–H and O–H groups in total. The zero-order valence-electron chi connectivity index (χ0n) is 11.3. The molecule has 108 valence electrons. The van der Waals surface area contributed by atoms with E-state index in [1.54, 1.807) is 11.3 Å². The largest absolute Gasteiger partial charge is 0.481 e. The van der Waals surface area contributed by atoms with Crippen LogP contribution in [0.3, 0.4) is 0 Å². The molecule has 0 fully saturated rings. The molecular formula is C12H14BrN3O2S2. The van der Waals surface area contributed by atoms with Crippen LogP contribution in [0.25, 0.3) is 10.7 Å². The summed E-state index contributed by atoms with van der Waals surface area (Å²) in [6, 6.07) is 1.96. The third kappa shape index (κ3) is 3.24. The van der Waals surface area contributed by atoms with Gasteiger partial charge in [0.25, 0.3) is 0 Å². The maximum atomic E-state index is 10.7. The lowest BCUT2D eigenvalue weighted by molar-refractivity contribution is -0.133. The summed E-state index contributed by atoms with van der Waals surface area (Å²) in [6.45, 7) is 6.14. The Morgan fingerprint density at radius 1 is 1.50 bits per heavy atom. The number of nitrogens with zero attached hydrogens (tertiary/aromatic N) is 3. The Morgan fingerprint density at radius 2 is 2.20 bits per heavy atom. The molecule has 0 amide bonds. The highest BCUT2D eigenvalue weighted by molar-refractivity contribution is 9.10. The van der Waals surface area contributed by atoms with E-state index in [1.807, 2.05) is 36.8 Å². The maximum Gasteiger partial charge on any atom is 0.313 e. The standard InChI is InChI=1S/C12H14BrN3O2S2/c1-12(2,3)16-10(9-7(13)4-5-19-9)14-15-11(16)20-6-8(17)18/h4-5H,6H2,1-3H3,(H,17,18). The van der Waals surface area contributed by atoms with Crippen molar-refractivity contribution >= 4 is 45.0 Å². The number of carbonyl (C=O) groups is 1. The first kappa shape index (κ1) is 15.5. The van der Waals surface area contributed by atoms with Crippen LogP contribution in [0.5, 0.6) is 0 Å². The van der Waals surface area contributed by atoms with Crippen molar-refractivity contribution in [1.29, 1.82) is 0 Å². The molecule has 20 heavy (non-hydrogen) atoms. The van der Waals surface area contributed by atoms with Crippen molar-refractivity contribution in [3.05, 3.63) is 15.9 Å². The smallest absolute Gasteiger partial charge is 0.313 e. The predicted octanol–water partition coefficient (Wildman–Crippen LogP) is 3.70. The molecule has 0 saturated heterocycles. The van der Waals surface area contributed by atoms with Crippen LogP contribution in [-0.2, 0) is 10.3 Å². The minimum atomic E-state index is -0.864. The number of rotatable bonds is 4. The topological polar surface area (TPSA) is 68.0 Å². The molecule has 0 aliphatic carbocycles. The van der Waals surface area contributed by atoms with Gasteiger partial charge in [-0.3, -0.25) is 9.36 Å². The summed E-state index contributed by atoms with van der Waals surface area (Å²) in [4.78, 5) is 11.7. The van der Waals surface area contributed by atoms with Gasteiger partial charge in [-0.05, 0) is 48.1 Å². The van der Waals surface area contributed by atoms with E-state index in [4.69, 9.17) is 5.11 Å². The van der Waals surface area contributed by atoms with Gasteiger partial charge in [0.15, 0.2) is 11.0 Å². The van der Waals surface area contributed by atoms with Crippen molar-refractivity contribution in [1.82, 2.24) is 14.8 Å². The number of carboxylic acid groups (broad SMARTS) is 1. The molecule has 2 heterocycles. The Balaban J connectivity index is 2.49. The predicted molar refractivity (Wildman–Crippen MR) is 84.4 cm³/mol. The molecule has 0 saturated carbocycles. The van der Waals surface area contributed by atoms with Gasteiger partial charge in [0, 0.05) is 10.0 Å². The fourth-order valence-corrected chi connectivity index (χ4v) is 4.06. The summed E-state index contributed by atoms with van der Waals surface area (Å²) in [5.41, 5.74) is -0.233. The maximum absolute atomic E-state index is 10.7. The Morgan fingerprint density at radius 3 is 2.70 bits per heavy atom. The first-order chi connectivity index (χ1) is 9.30. The third-order valence-electron chi connectivity index (χ3n) is 2.45. The molecule has 0 radical (unpaired) electrons. The average Bonchev–Trinajstić information content (AvgIpc) is 2.90. The number of carboxylic acids is 1. The molecule has 0 aliphatic rings. The summed E-state index contributed by atoms with van der Waals surface area (Å²) in [5.74, 6) is -0.135. The number of aliphatic carboxylic acids is 1. The summed E-state index contributed by atoms with van der Waals surface area (Å²) in [5, 5.41) is 19.8. The van der Waals surface area contributed by atoms with E-state index in [9.17, 15) is 4.79 Å². The lowest BCUT2D eigenvalue weighted by Crippen LogP contribution is -2.24. The van der Waals surface area contributed by atoms with Crippen LogP contribution in [0.2, 0.25) is 0 Å². The Hall–Kier alpha value is -0.860. The molecule has 0 spiro atoms. The molecule has 0 aromatic carbocycles. The van der Waals surface area contributed by atoms with Crippen molar-refractivity contribution in [2.24, 2.45) is 0 Å². The molecule has 2 aromatic rings. The second kappa shape index (κ2) is 5.87.